The Hall–Kier alpha value is -2.21. The average Bonchev–Trinajstić information content (AvgIpc) is 2.99. The second kappa shape index (κ2) is 8.43. The Labute approximate surface area is 136 Å². The molecule has 0 spiro atoms. The number of hydrogen-bond donors (Lipinski definition) is 2. The van der Waals surface area contributed by atoms with E-state index in [1.54, 1.807) is 0 Å². The minimum atomic E-state index is -0.0195. The van der Waals surface area contributed by atoms with Gasteiger partial charge in [0.15, 0.2) is 5.82 Å². The first kappa shape index (κ1) is 17.1. The summed E-state index contributed by atoms with van der Waals surface area (Å²) in [5.41, 5.74) is 2.38. The minimum absolute atomic E-state index is 0.0195. The predicted molar refractivity (Wildman–Crippen MR) is 87.9 cm³/mol. The van der Waals surface area contributed by atoms with Crippen LogP contribution in [-0.2, 0) is 24.2 Å². The molecule has 1 aromatic carbocycles. The molecule has 0 aliphatic carbocycles. The zero-order valence-electron chi connectivity index (χ0n) is 13.9. The van der Waals surface area contributed by atoms with E-state index in [0.717, 1.165) is 12.0 Å². The first-order chi connectivity index (χ1) is 11.1. The van der Waals surface area contributed by atoms with Crippen LogP contribution in [0.3, 0.4) is 0 Å². The van der Waals surface area contributed by atoms with Gasteiger partial charge in [-0.1, -0.05) is 35.0 Å². The van der Waals surface area contributed by atoms with Crippen LogP contribution in [0.15, 0.2) is 28.8 Å². The number of nitrogens with zero attached hydrogens (tertiary/aromatic N) is 2. The highest BCUT2D eigenvalue weighted by atomic mass is 16.5. The molecule has 1 amide bonds. The number of carbonyl (C=O) groups excluding carboxylic acids is 1. The van der Waals surface area contributed by atoms with E-state index in [1.165, 1.54) is 5.56 Å². The smallest absolute Gasteiger partial charge is 0.246 e. The molecule has 0 radical (unpaired) electrons. The van der Waals surface area contributed by atoms with Crippen molar-refractivity contribution in [2.75, 3.05) is 7.05 Å². The maximum absolute atomic E-state index is 11.9. The van der Waals surface area contributed by atoms with Crippen molar-refractivity contribution in [3.63, 3.8) is 0 Å². The maximum Gasteiger partial charge on any atom is 0.246 e. The third-order valence-electron chi connectivity index (χ3n) is 3.69. The molecule has 0 saturated carbocycles. The van der Waals surface area contributed by atoms with Gasteiger partial charge >= 0.3 is 0 Å². The van der Waals surface area contributed by atoms with Crippen molar-refractivity contribution in [1.29, 1.82) is 0 Å². The second-order valence-corrected chi connectivity index (χ2v) is 5.76. The Morgan fingerprint density at radius 1 is 1.30 bits per heavy atom. The SMILES string of the molecule is CNC(C)Cc1noc(CNC(=O)CCc2ccc(C)cc2)n1. The molecule has 1 unspecified atom stereocenters. The van der Waals surface area contributed by atoms with Crippen molar-refractivity contribution >= 4 is 5.91 Å². The lowest BCUT2D eigenvalue weighted by molar-refractivity contribution is -0.121. The molecule has 23 heavy (non-hydrogen) atoms. The largest absolute Gasteiger partial charge is 0.347 e. The monoisotopic (exact) mass is 316 g/mol. The first-order valence-electron chi connectivity index (χ1n) is 7.88. The summed E-state index contributed by atoms with van der Waals surface area (Å²) in [4.78, 5) is 16.1. The molecular weight excluding hydrogens is 292 g/mol. The Bertz CT molecular complexity index is 622. The number of amides is 1. The van der Waals surface area contributed by atoms with Crippen LogP contribution < -0.4 is 10.6 Å². The molecule has 0 fully saturated rings. The highest BCUT2D eigenvalue weighted by molar-refractivity contribution is 5.76. The second-order valence-electron chi connectivity index (χ2n) is 5.76. The molecule has 0 aliphatic rings. The molecule has 6 heteroatoms. The van der Waals surface area contributed by atoms with Gasteiger partial charge < -0.3 is 15.2 Å². The van der Waals surface area contributed by atoms with Gasteiger partial charge in [0, 0.05) is 18.9 Å². The Morgan fingerprint density at radius 2 is 2.04 bits per heavy atom. The third kappa shape index (κ3) is 5.83. The van der Waals surface area contributed by atoms with Gasteiger partial charge in [-0.25, -0.2) is 0 Å². The van der Waals surface area contributed by atoms with Gasteiger partial charge in [0.25, 0.3) is 0 Å². The molecule has 124 valence electrons. The van der Waals surface area contributed by atoms with E-state index in [1.807, 2.05) is 20.9 Å². The fourth-order valence-corrected chi connectivity index (χ4v) is 2.10. The summed E-state index contributed by atoms with van der Waals surface area (Å²) in [6.45, 7) is 4.36. The van der Waals surface area contributed by atoms with Crippen LogP contribution in [0.1, 0.15) is 36.2 Å². The molecule has 0 aliphatic heterocycles. The average molecular weight is 316 g/mol. The number of benzene rings is 1. The molecule has 2 N–H and O–H groups in total. The van der Waals surface area contributed by atoms with Gasteiger partial charge in [0.1, 0.15) is 0 Å². The highest BCUT2D eigenvalue weighted by Crippen LogP contribution is 2.06. The zero-order valence-corrected chi connectivity index (χ0v) is 13.9. The molecule has 0 bridgehead atoms. The summed E-state index contributed by atoms with van der Waals surface area (Å²) in [5, 5.41) is 9.83. The quantitative estimate of drug-likeness (QED) is 0.776. The number of rotatable bonds is 8. The normalized spacial score (nSPS) is 12.1. The van der Waals surface area contributed by atoms with Gasteiger partial charge in [0.2, 0.25) is 11.8 Å². The van der Waals surface area contributed by atoms with E-state index in [-0.39, 0.29) is 18.5 Å². The minimum Gasteiger partial charge on any atom is -0.347 e. The lowest BCUT2D eigenvalue weighted by Gasteiger charge is -2.05. The van der Waals surface area contributed by atoms with Crippen molar-refractivity contribution in [3.8, 4) is 0 Å². The van der Waals surface area contributed by atoms with Crippen molar-refractivity contribution in [2.24, 2.45) is 0 Å². The molecule has 1 heterocycles. The van der Waals surface area contributed by atoms with E-state index in [4.69, 9.17) is 4.52 Å². The Morgan fingerprint density at radius 3 is 2.74 bits per heavy atom. The summed E-state index contributed by atoms with van der Waals surface area (Å²) >= 11 is 0. The fraction of sp³-hybridized carbons (Fsp3) is 0.471. The molecule has 0 saturated heterocycles. The van der Waals surface area contributed by atoms with E-state index in [0.29, 0.717) is 24.6 Å². The first-order valence-corrected chi connectivity index (χ1v) is 7.88. The van der Waals surface area contributed by atoms with Crippen LogP contribution in [0.2, 0.25) is 0 Å². The van der Waals surface area contributed by atoms with Gasteiger partial charge in [-0.05, 0) is 32.9 Å². The molecule has 2 aromatic rings. The van der Waals surface area contributed by atoms with E-state index >= 15 is 0 Å². The van der Waals surface area contributed by atoms with Crippen molar-refractivity contribution < 1.29 is 9.32 Å². The Kier molecular flexibility index (Phi) is 6.29. The van der Waals surface area contributed by atoms with Crippen molar-refractivity contribution in [3.05, 3.63) is 47.1 Å². The fourth-order valence-electron chi connectivity index (χ4n) is 2.10. The molecular formula is C17H24N4O2. The third-order valence-corrected chi connectivity index (χ3v) is 3.69. The van der Waals surface area contributed by atoms with Gasteiger partial charge in [-0.15, -0.1) is 0 Å². The number of likely N-dealkylation sites (N-methyl/N-ethyl adjacent to an activating group) is 1. The van der Waals surface area contributed by atoms with Crippen LogP contribution in [0, 0.1) is 6.92 Å². The van der Waals surface area contributed by atoms with Gasteiger partial charge in [-0.2, -0.15) is 4.98 Å². The summed E-state index contributed by atoms with van der Waals surface area (Å²) in [6.07, 6.45) is 1.86. The lowest BCUT2D eigenvalue weighted by atomic mass is 10.1. The number of nitrogens with one attached hydrogen (secondary N) is 2. The van der Waals surface area contributed by atoms with Crippen molar-refractivity contribution in [1.82, 2.24) is 20.8 Å². The number of carbonyl (C=O) groups is 1. The van der Waals surface area contributed by atoms with Gasteiger partial charge in [0.05, 0.1) is 6.54 Å². The van der Waals surface area contributed by atoms with Crippen LogP contribution >= 0.6 is 0 Å². The summed E-state index contributed by atoms with van der Waals surface area (Å²) in [7, 11) is 1.89. The van der Waals surface area contributed by atoms with Gasteiger partial charge in [-0.3, -0.25) is 4.79 Å². The highest BCUT2D eigenvalue weighted by Gasteiger charge is 2.10. The standard InChI is InChI=1S/C17H24N4O2/c1-12-4-6-14(7-5-12)8-9-16(22)19-11-17-20-15(21-23-17)10-13(2)18-3/h4-7,13,18H,8-11H2,1-3H3,(H,19,22). The zero-order chi connectivity index (χ0) is 16.7. The molecule has 1 atom stereocenters. The van der Waals surface area contributed by atoms with Crippen LogP contribution in [0.4, 0.5) is 0 Å². The summed E-state index contributed by atoms with van der Waals surface area (Å²) < 4.78 is 5.13. The predicted octanol–water partition coefficient (Wildman–Crippen LogP) is 1.78. The number of aryl methyl sites for hydroxylation is 2. The van der Waals surface area contributed by atoms with E-state index in [9.17, 15) is 4.79 Å². The lowest BCUT2D eigenvalue weighted by Crippen LogP contribution is -2.24. The van der Waals surface area contributed by atoms with E-state index < -0.39 is 0 Å². The van der Waals surface area contributed by atoms with Crippen LogP contribution in [-0.4, -0.2) is 29.1 Å². The summed E-state index contributed by atoms with van der Waals surface area (Å²) in [5.74, 6) is 1.07. The summed E-state index contributed by atoms with van der Waals surface area (Å²) in [6, 6.07) is 8.49. The molecule has 2 rings (SSSR count). The molecule has 1 aromatic heterocycles. The molecule has 6 nitrogen and oxygen atoms in total. The van der Waals surface area contributed by atoms with Crippen molar-refractivity contribution in [2.45, 2.75) is 45.7 Å². The van der Waals surface area contributed by atoms with Crippen LogP contribution in [0.25, 0.3) is 0 Å². The Balaban J connectivity index is 1.72. The van der Waals surface area contributed by atoms with Crippen LogP contribution in [0.5, 0.6) is 0 Å². The number of hydrogen-bond acceptors (Lipinski definition) is 5. The number of aromatic nitrogens is 2. The van der Waals surface area contributed by atoms with E-state index in [2.05, 4.69) is 45.0 Å². The maximum atomic E-state index is 11.9. The topological polar surface area (TPSA) is 80.0 Å².